The van der Waals surface area contributed by atoms with Gasteiger partial charge in [0.1, 0.15) is 11.5 Å². The maximum Gasteiger partial charge on any atom is 0.204 e. The van der Waals surface area contributed by atoms with Crippen molar-refractivity contribution in [3.8, 4) is 51.4 Å². The van der Waals surface area contributed by atoms with E-state index >= 15 is 0 Å². The largest absolute Gasteiger partial charge is 0.496 e. The Kier molecular flexibility index (Phi) is 8.41. The predicted molar refractivity (Wildman–Crippen MR) is 183 cm³/mol. The number of hydrogen-bond acceptors (Lipinski definition) is 8. The van der Waals surface area contributed by atoms with Crippen molar-refractivity contribution in [2.45, 2.75) is 37.8 Å². The Bertz CT molecular complexity index is 1820. The van der Waals surface area contributed by atoms with Gasteiger partial charge >= 0.3 is 0 Å². The fraction of sp³-hybridized carbons (Fsp3) is 0.385. The second-order valence-electron chi connectivity index (χ2n) is 12.8. The highest BCUT2D eigenvalue weighted by Gasteiger charge is 2.35. The highest BCUT2D eigenvalue weighted by Crippen LogP contribution is 2.52. The topological polar surface area (TPSA) is 61.9 Å². The van der Waals surface area contributed by atoms with E-state index in [0.717, 1.165) is 67.0 Å². The van der Waals surface area contributed by atoms with Crippen LogP contribution in [0.2, 0.25) is 0 Å². The van der Waals surface area contributed by atoms with Gasteiger partial charge in [0.25, 0.3) is 0 Å². The number of hydrogen-bond donors (Lipinski definition) is 0. The minimum absolute atomic E-state index is 0.0124. The summed E-state index contributed by atoms with van der Waals surface area (Å²) in [6.07, 6.45) is 3.37. The number of nitrogens with zero attached hydrogens (tertiary/aromatic N) is 2. The average molecular weight is 637 g/mol. The van der Waals surface area contributed by atoms with Crippen LogP contribution in [-0.2, 0) is 25.7 Å². The Morgan fingerprint density at radius 1 is 0.596 bits per heavy atom. The van der Waals surface area contributed by atoms with E-state index in [0.29, 0.717) is 28.7 Å². The van der Waals surface area contributed by atoms with Crippen LogP contribution in [0.1, 0.15) is 45.5 Å². The van der Waals surface area contributed by atoms with Gasteiger partial charge in [-0.15, -0.1) is 0 Å². The molecule has 0 N–H and O–H groups in total. The van der Waals surface area contributed by atoms with Gasteiger partial charge in [0.2, 0.25) is 5.75 Å². The molecule has 6 bridgehead atoms. The van der Waals surface area contributed by atoms with Crippen LogP contribution in [0.5, 0.6) is 40.2 Å². The first-order valence-corrected chi connectivity index (χ1v) is 16.3. The second kappa shape index (κ2) is 12.7. The first-order valence-electron chi connectivity index (χ1n) is 16.3. The second-order valence-corrected chi connectivity index (χ2v) is 12.8. The fourth-order valence-electron chi connectivity index (χ4n) is 7.71. The average Bonchev–Trinajstić information content (AvgIpc) is 3.09. The van der Waals surface area contributed by atoms with Gasteiger partial charge in [-0.2, -0.15) is 0 Å². The van der Waals surface area contributed by atoms with Crippen LogP contribution in [0.4, 0.5) is 0 Å². The van der Waals surface area contributed by atoms with Crippen LogP contribution in [0.3, 0.4) is 0 Å². The molecule has 0 saturated carbocycles. The molecule has 4 aromatic rings. The molecule has 3 heterocycles. The van der Waals surface area contributed by atoms with Crippen molar-refractivity contribution >= 4 is 0 Å². The van der Waals surface area contributed by atoms with Gasteiger partial charge in [-0.3, -0.25) is 9.80 Å². The Balaban J connectivity index is 1.53. The molecule has 2 atom stereocenters. The van der Waals surface area contributed by atoms with Crippen LogP contribution < -0.4 is 28.4 Å². The third kappa shape index (κ3) is 5.43. The Morgan fingerprint density at radius 3 is 1.74 bits per heavy atom. The van der Waals surface area contributed by atoms with Crippen molar-refractivity contribution in [2.24, 2.45) is 0 Å². The SMILES string of the molecule is COc1cc2c3cc1Oc1c(OC)c(OC)cc4c1[C@@H](Cc1ccc(OC)c(c1)-c1cc(ccc1OC)C[C@@H]3N(C)CC2)N(C)CC4. The third-order valence-electron chi connectivity index (χ3n) is 10.3. The minimum atomic E-state index is 0.0124. The molecule has 8 heteroatoms. The molecule has 0 spiro atoms. The molecule has 3 aliphatic rings. The number of fused-ring (bicyclic) bond motifs is 6. The summed E-state index contributed by atoms with van der Waals surface area (Å²) in [6, 6.07) is 19.6. The van der Waals surface area contributed by atoms with Crippen molar-refractivity contribution < 1.29 is 28.4 Å². The van der Waals surface area contributed by atoms with Crippen LogP contribution in [0, 0.1) is 0 Å². The lowest BCUT2D eigenvalue weighted by Crippen LogP contribution is -2.34. The molecule has 7 rings (SSSR count). The van der Waals surface area contributed by atoms with Crippen molar-refractivity contribution in [2.75, 3.05) is 62.7 Å². The minimum Gasteiger partial charge on any atom is -0.496 e. The smallest absolute Gasteiger partial charge is 0.204 e. The van der Waals surface area contributed by atoms with E-state index in [1.165, 1.54) is 27.8 Å². The van der Waals surface area contributed by atoms with Gasteiger partial charge < -0.3 is 28.4 Å². The highest BCUT2D eigenvalue weighted by molar-refractivity contribution is 5.77. The lowest BCUT2D eigenvalue weighted by Gasteiger charge is -2.37. The van der Waals surface area contributed by atoms with E-state index in [4.69, 9.17) is 28.4 Å². The fourth-order valence-corrected chi connectivity index (χ4v) is 7.71. The van der Waals surface area contributed by atoms with Crippen molar-refractivity contribution in [1.82, 2.24) is 9.80 Å². The molecule has 0 amide bonds. The summed E-state index contributed by atoms with van der Waals surface area (Å²) >= 11 is 0. The molecule has 0 fully saturated rings. The van der Waals surface area contributed by atoms with Gasteiger partial charge in [-0.1, -0.05) is 12.1 Å². The molecule has 47 heavy (non-hydrogen) atoms. The number of rotatable bonds is 5. The summed E-state index contributed by atoms with van der Waals surface area (Å²) in [5.41, 5.74) is 9.26. The van der Waals surface area contributed by atoms with Gasteiger partial charge in [-0.25, -0.2) is 0 Å². The maximum absolute atomic E-state index is 7.04. The first kappa shape index (κ1) is 31.2. The molecule has 4 aromatic carbocycles. The molecule has 0 saturated heterocycles. The van der Waals surface area contributed by atoms with Crippen LogP contribution >= 0.6 is 0 Å². The molecule has 0 radical (unpaired) electrons. The molecule has 3 aliphatic heterocycles. The lowest BCUT2D eigenvalue weighted by atomic mass is 9.86. The molecule has 8 nitrogen and oxygen atoms in total. The molecule has 0 aromatic heterocycles. The summed E-state index contributed by atoms with van der Waals surface area (Å²) in [5, 5.41) is 0. The lowest BCUT2D eigenvalue weighted by molar-refractivity contribution is 0.220. The quantitative estimate of drug-likeness (QED) is 0.231. The summed E-state index contributed by atoms with van der Waals surface area (Å²) in [7, 11) is 12.9. The summed E-state index contributed by atoms with van der Waals surface area (Å²) < 4.78 is 36.9. The van der Waals surface area contributed by atoms with Gasteiger partial charge in [0, 0.05) is 41.9 Å². The zero-order valence-corrected chi connectivity index (χ0v) is 28.4. The predicted octanol–water partition coefficient (Wildman–Crippen LogP) is 7.05. The Morgan fingerprint density at radius 2 is 1.15 bits per heavy atom. The van der Waals surface area contributed by atoms with Crippen LogP contribution in [0.25, 0.3) is 11.1 Å². The number of ether oxygens (including phenoxy) is 6. The summed E-state index contributed by atoms with van der Waals surface area (Å²) in [4.78, 5) is 4.84. The van der Waals surface area contributed by atoms with Crippen LogP contribution in [-0.4, -0.2) is 72.5 Å². The zero-order chi connectivity index (χ0) is 32.8. The highest BCUT2D eigenvalue weighted by atomic mass is 16.5. The Labute approximate surface area is 277 Å². The van der Waals surface area contributed by atoms with Gasteiger partial charge in [0.05, 0.1) is 35.5 Å². The standard InChI is InChI=1S/C39H44N2O6/c1-40-14-12-25-20-34(44-5)35-22-27(25)30(40)18-23-8-10-32(42-3)28(16-23)29-17-24(9-11-33(29)43-4)19-31-37-26(13-15-41(31)2)21-36(45-6)38(46-7)39(37)47-35/h8-11,16-17,20-22,30-31H,12-15,18-19H2,1-7H3/t30-,31+/m0/s1. The van der Waals surface area contributed by atoms with E-state index < -0.39 is 0 Å². The van der Waals surface area contributed by atoms with Crippen molar-refractivity contribution in [3.63, 3.8) is 0 Å². The Hall–Kier alpha value is -4.40. The monoisotopic (exact) mass is 636 g/mol. The normalized spacial score (nSPS) is 18.9. The number of likely N-dealkylation sites (N-methyl/N-ethyl adjacent to an activating group) is 2. The van der Waals surface area contributed by atoms with Crippen LogP contribution in [0.15, 0.2) is 54.6 Å². The van der Waals surface area contributed by atoms with Gasteiger partial charge in [0.15, 0.2) is 23.0 Å². The molecule has 0 unspecified atom stereocenters. The number of methoxy groups -OCH3 is 5. The maximum atomic E-state index is 7.04. The molecular weight excluding hydrogens is 592 g/mol. The van der Waals surface area contributed by atoms with Crippen molar-refractivity contribution in [3.05, 3.63) is 88.0 Å². The summed E-state index contributed by atoms with van der Waals surface area (Å²) in [5.74, 6) is 4.92. The van der Waals surface area contributed by atoms with Gasteiger partial charge in [-0.05, 0) is 110 Å². The van der Waals surface area contributed by atoms with E-state index in [9.17, 15) is 0 Å². The van der Waals surface area contributed by atoms with E-state index in [-0.39, 0.29) is 12.1 Å². The van der Waals surface area contributed by atoms with E-state index in [1.807, 2.05) is 0 Å². The molecule has 0 aliphatic carbocycles. The van der Waals surface area contributed by atoms with E-state index in [1.54, 1.807) is 35.5 Å². The first-order chi connectivity index (χ1) is 22.9. The summed E-state index contributed by atoms with van der Waals surface area (Å²) in [6.45, 7) is 1.85. The number of benzene rings is 4. The third-order valence-corrected chi connectivity index (χ3v) is 10.3. The van der Waals surface area contributed by atoms with E-state index in [2.05, 4.69) is 78.5 Å². The molecule has 246 valence electrons. The van der Waals surface area contributed by atoms with Crippen molar-refractivity contribution in [1.29, 1.82) is 0 Å². The molecular formula is C39H44N2O6. The zero-order valence-electron chi connectivity index (χ0n) is 28.4.